The molecule has 2 nitrogen and oxygen atoms in total. The van der Waals surface area contributed by atoms with Crippen molar-refractivity contribution in [3.05, 3.63) is 0 Å². The first-order chi connectivity index (χ1) is 8.14. The molecule has 0 heterocycles. The molecule has 0 aromatic heterocycles. The minimum absolute atomic E-state index is 0.269. The van der Waals surface area contributed by atoms with Crippen molar-refractivity contribution in [3.63, 3.8) is 0 Å². The largest absolute Gasteiger partial charge is 0.353 e. The molecular formula is C14H29ClO2. The first-order valence-electron chi connectivity index (χ1n) is 6.80. The summed E-state index contributed by atoms with van der Waals surface area (Å²) in [6.07, 6.45) is 8.92. The Morgan fingerprint density at radius 2 is 1.53 bits per heavy atom. The van der Waals surface area contributed by atoms with Crippen LogP contribution < -0.4 is 0 Å². The van der Waals surface area contributed by atoms with Crippen LogP contribution in [0.4, 0.5) is 0 Å². The van der Waals surface area contributed by atoms with Gasteiger partial charge in [-0.05, 0) is 13.3 Å². The Morgan fingerprint density at radius 1 is 1.00 bits per heavy atom. The average Bonchev–Trinajstić information content (AvgIpc) is 2.37. The molecule has 3 heteroatoms. The minimum Gasteiger partial charge on any atom is -0.353 e. The first kappa shape index (κ1) is 17.2. The average molecular weight is 265 g/mol. The Bertz CT molecular complexity index is 170. The molecule has 0 saturated heterocycles. The normalized spacial score (nSPS) is 13.9. The van der Waals surface area contributed by atoms with Crippen LogP contribution in [0.2, 0.25) is 0 Å². The SMILES string of the molecule is CCCCCCCCC(CCl)C(C)(OC)OC. The number of hydrogen-bond acceptors (Lipinski definition) is 2. The lowest BCUT2D eigenvalue weighted by molar-refractivity contribution is -0.224. The smallest absolute Gasteiger partial charge is 0.168 e. The summed E-state index contributed by atoms with van der Waals surface area (Å²) >= 11 is 6.01. The molecule has 1 atom stereocenters. The highest BCUT2D eigenvalue weighted by atomic mass is 35.5. The Kier molecular flexibility index (Phi) is 10.3. The van der Waals surface area contributed by atoms with E-state index < -0.39 is 5.79 Å². The Labute approximate surface area is 112 Å². The van der Waals surface area contributed by atoms with Gasteiger partial charge in [-0.15, -0.1) is 11.6 Å². The fraction of sp³-hybridized carbons (Fsp3) is 1.00. The van der Waals surface area contributed by atoms with Gasteiger partial charge >= 0.3 is 0 Å². The van der Waals surface area contributed by atoms with Gasteiger partial charge in [0, 0.05) is 26.0 Å². The van der Waals surface area contributed by atoms with Crippen molar-refractivity contribution in [2.45, 2.75) is 64.6 Å². The van der Waals surface area contributed by atoms with E-state index in [2.05, 4.69) is 6.92 Å². The highest BCUT2D eigenvalue weighted by Gasteiger charge is 2.33. The van der Waals surface area contributed by atoms with Crippen molar-refractivity contribution in [3.8, 4) is 0 Å². The van der Waals surface area contributed by atoms with Gasteiger partial charge in [0.2, 0.25) is 0 Å². The number of unbranched alkanes of at least 4 members (excludes halogenated alkanes) is 5. The zero-order valence-corrected chi connectivity index (χ0v) is 12.7. The molecule has 0 radical (unpaired) electrons. The molecule has 0 fully saturated rings. The molecule has 1 unspecified atom stereocenters. The van der Waals surface area contributed by atoms with E-state index in [-0.39, 0.29) is 5.92 Å². The zero-order chi connectivity index (χ0) is 13.1. The van der Waals surface area contributed by atoms with Gasteiger partial charge in [0.1, 0.15) is 0 Å². The van der Waals surface area contributed by atoms with Crippen LogP contribution in [0.15, 0.2) is 0 Å². The van der Waals surface area contributed by atoms with Crippen LogP contribution >= 0.6 is 11.6 Å². The molecule has 0 aliphatic rings. The van der Waals surface area contributed by atoms with Gasteiger partial charge in [0.05, 0.1) is 0 Å². The predicted molar refractivity (Wildman–Crippen MR) is 74.6 cm³/mol. The van der Waals surface area contributed by atoms with Gasteiger partial charge in [0.15, 0.2) is 5.79 Å². The fourth-order valence-electron chi connectivity index (χ4n) is 2.07. The number of hydrogen-bond donors (Lipinski definition) is 0. The number of alkyl halides is 1. The summed E-state index contributed by atoms with van der Waals surface area (Å²) < 4.78 is 10.9. The van der Waals surface area contributed by atoms with E-state index in [1.165, 1.54) is 38.5 Å². The molecule has 0 aromatic rings. The minimum atomic E-state index is -0.537. The predicted octanol–water partition coefficient (Wildman–Crippen LogP) is 4.60. The summed E-state index contributed by atoms with van der Waals surface area (Å²) in [7, 11) is 3.37. The van der Waals surface area contributed by atoms with E-state index in [4.69, 9.17) is 21.1 Å². The molecule has 0 saturated carbocycles. The molecule has 104 valence electrons. The Morgan fingerprint density at radius 3 is 2.00 bits per heavy atom. The summed E-state index contributed by atoms with van der Waals surface area (Å²) in [6, 6.07) is 0. The second kappa shape index (κ2) is 10.2. The summed E-state index contributed by atoms with van der Waals surface area (Å²) in [6.45, 7) is 4.21. The maximum absolute atomic E-state index is 6.01. The van der Waals surface area contributed by atoms with E-state index in [0.29, 0.717) is 5.88 Å². The highest BCUT2D eigenvalue weighted by molar-refractivity contribution is 6.18. The lowest BCUT2D eigenvalue weighted by atomic mass is 9.94. The van der Waals surface area contributed by atoms with Crippen LogP contribution in [-0.2, 0) is 9.47 Å². The van der Waals surface area contributed by atoms with Gasteiger partial charge in [-0.1, -0.05) is 45.4 Å². The number of halogens is 1. The quantitative estimate of drug-likeness (QED) is 0.308. The fourth-order valence-corrected chi connectivity index (χ4v) is 2.50. The van der Waals surface area contributed by atoms with Crippen molar-refractivity contribution in [1.82, 2.24) is 0 Å². The molecule has 0 amide bonds. The second-order valence-electron chi connectivity index (χ2n) is 4.83. The van der Waals surface area contributed by atoms with E-state index in [1.54, 1.807) is 14.2 Å². The van der Waals surface area contributed by atoms with Crippen LogP contribution in [0.25, 0.3) is 0 Å². The van der Waals surface area contributed by atoms with Crippen LogP contribution in [0.3, 0.4) is 0 Å². The summed E-state index contributed by atoms with van der Waals surface area (Å²) in [4.78, 5) is 0. The van der Waals surface area contributed by atoms with Crippen LogP contribution in [0.1, 0.15) is 58.8 Å². The number of methoxy groups -OCH3 is 2. The molecule has 0 aliphatic heterocycles. The summed E-state index contributed by atoms with van der Waals surface area (Å²) in [5, 5.41) is 0. The van der Waals surface area contributed by atoms with E-state index in [1.807, 2.05) is 6.92 Å². The van der Waals surface area contributed by atoms with E-state index >= 15 is 0 Å². The Balaban J connectivity index is 3.82. The van der Waals surface area contributed by atoms with Gasteiger partial charge in [-0.2, -0.15) is 0 Å². The number of ether oxygens (including phenoxy) is 2. The third-order valence-corrected chi connectivity index (χ3v) is 4.02. The zero-order valence-electron chi connectivity index (χ0n) is 11.9. The van der Waals surface area contributed by atoms with Crippen LogP contribution in [-0.4, -0.2) is 25.9 Å². The standard InChI is InChI=1S/C14H29ClO2/c1-5-6-7-8-9-10-11-13(12-15)14(2,16-3)17-4/h13H,5-12H2,1-4H3. The topological polar surface area (TPSA) is 18.5 Å². The first-order valence-corrected chi connectivity index (χ1v) is 7.34. The molecule has 0 rings (SSSR count). The van der Waals surface area contributed by atoms with E-state index in [9.17, 15) is 0 Å². The maximum atomic E-state index is 6.01. The third-order valence-electron chi connectivity index (χ3n) is 3.64. The lowest BCUT2D eigenvalue weighted by Crippen LogP contribution is -2.39. The Hall–Kier alpha value is 0.210. The van der Waals surface area contributed by atoms with Crippen molar-refractivity contribution >= 4 is 11.6 Å². The molecule has 17 heavy (non-hydrogen) atoms. The van der Waals surface area contributed by atoms with Crippen molar-refractivity contribution < 1.29 is 9.47 Å². The van der Waals surface area contributed by atoms with E-state index in [0.717, 1.165) is 6.42 Å². The molecule has 0 bridgehead atoms. The van der Waals surface area contributed by atoms with Gasteiger partial charge in [0.25, 0.3) is 0 Å². The molecule has 0 aliphatic carbocycles. The van der Waals surface area contributed by atoms with Gasteiger partial charge in [-0.25, -0.2) is 0 Å². The maximum Gasteiger partial charge on any atom is 0.168 e. The molecule has 0 N–H and O–H groups in total. The van der Waals surface area contributed by atoms with Gasteiger partial charge in [-0.3, -0.25) is 0 Å². The molecule has 0 spiro atoms. The van der Waals surface area contributed by atoms with Crippen LogP contribution in [0.5, 0.6) is 0 Å². The van der Waals surface area contributed by atoms with Crippen molar-refractivity contribution in [1.29, 1.82) is 0 Å². The summed E-state index contributed by atoms with van der Waals surface area (Å²) in [5.41, 5.74) is 0. The monoisotopic (exact) mass is 264 g/mol. The summed E-state index contributed by atoms with van der Waals surface area (Å²) in [5.74, 6) is 0.323. The third kappa shape index (κ3) is 6.64. The highest BCUT2D eigenvalue weighted by Crippen LogP contribution is 2.28. The lowest BCUT2D eigenvalue weighted by Gasteiger charge is -2.34. The van der Waals surface area contributed by atoms with Crippen LogP contribution in [0, 0.1) is 5.92 Å². The number of rotatable bonds is 11. The molecule has 0 aromatic carbocycles. The van der Waals surface area contributed by atoms with Crippen molar-refractivity contribution in [2.75, 3.05) is 20.1 Å². The van der Waals surface area contributed by atoms with Crippen molar-refractivity contribution in [2.24, 2.45) is 5.92 Å². The second-order valence-corrected chi connectivity index (χ2v) is 5.14. The molecular weight excluding hydrogens is 236 g/mol. The van der Waals surface area contributed by atoms with Gasteiger partial charge < -0.3 is 9.47 Å².